The van der Waals surface area contributed by atoms with Gasteiger partial charge in [0.15, 0.2) is 0 Å². The molecule has 4 heterocycles. The molecular formula is C43H28N2OS. The van der Waals surface area contributed by atoms with Gasteiger partial charge >= 0.3 is 0 Å². The lowest BCUT2D eigenvalue weighted by Crippen LogP contribution is -2.05. The first-order chi connectivity index (χ1) is 23.2. The van der Waals surface area contributed by atoms with Crippen LogP contribution in [-0.2, 0) is 6.42 Å². The Balaban J connectivity index is 1.24. The number of fused-ring (bicyclic) bond motifs is 14. The molecule has 0 spiro atoms. The van der Waals surface area contributed by atoms with Crippen molar-refractivity contribution in [3.05, 3.63) is 139 Å². The van der Waals surface area contributed by atoms with E-state index in [1.54, 1.807) is 0 Å². The topological polar surface area (TPSA) is 23.0 Å². The third kappa shape index (κ3) is 3.40. The minimum Gasteiger partial charge on any atom is -0.455 e. The molecule has 4 heteroatoms. The van der Waals surface area contributed by atoms with Crippen molar-refractivity contribution in [2.75, 3.05) is 0 Å². The fourth-order valence-electron chi connectivity index (χ4n) is 8.22. The molecule has 4 aromatic heterocycles. The Bertz CT molecular complexity index is 2950. The molecule has 1 atom stereocenters. The molecule has 0 aliphatic heterocycles. The van der Waals surface area contributed by atoms with Crippen LogP contribution < -0.4 is 0 Å². The Hall–Kier alpha value is -5.58. The average Bonchev–Trinajstić information content (AvgIpc) is 3.85. The van der Waals surface area contributed by atoms with Gasteiger partial charge in [-0.3, -0.25) is 0 Å². The van der Waals surface area contributed by atoms with Crippen LogP contribution in [0.2, 0.25) is 0 Å². The zero-order valence-electron chi connectivity index (χ0n) is 25.7. The van der Waals surface area contributed by atoms with E-state index in [0.29, 0.717) is 5.92 Å². The van der Waals surface area contributed by atoms with Crippen LogP contribution in [0.3, 0.4) is 0 Å². The van der Waals surface area contributed by atoms with Gasteiger partial charge in [0.25, 0.3) is 0 Å². The quantitative estimate of drug-likeness (QED) is 0.189. The molecule has 1 unspecified atom stereocenters. The maximum absolute atomic E-state index is 7.15. The number of furan rings is 1. The first-order valence-corrected chi connectivity index (χ1v) is 17.1. The van der Waals surface area contributed by atoms with Gasteiger partial charge in [0.05, 0.1) is 21.9 Å². The summed E-state index contributed by atoms with van der Waals surface area (Å²) < 4.78 is 14.6. The van der Waals surface area contributed by atoms with E-state index in [1.165, 1.54) is 75.4 Å². The minimum absolute atomic E-state index is 0.472. The summed E-state index contributed by atoms with van der Waals surface area (Å²) in [6, 6.07) is 44.2. The van der Waals surface area contributed by atoms with Crippen molar-refractivity contribution >= 4 is 92.2 Å². The summed E-state index contributed by atoms with van der Waals surface area (Å²) in [7, 11) is 0. The lowest BCUT2D eigenvalue weighted by molar-refractivity contribution is 0.675. The Morgan fingerprint density at radius 1 is 0.574 bits per heavy atom. The Morgan fingerprint density at radius 2 is 1.28 bits per heavy atom. The molecule has 0 amide bonds. The standard InChI is InChI=1S/C43H28N2OS/c1-25-15-19-35-33(23-25)41-37(44(35)26-9-3-2-4-10-26)21-18-30-29-17-20-36-40(42(29)46-43(30)41)31-12-5-7-13-34(31)45(36)27-16-22-39-32(24-27)28-11-6-8-14-38(28)47-39/h2-22,24-25H,23H2,1H3. The summed E-state index contributed by atoms with van der Waals surface area (Å²) >= 11 is 1.86. The van der Waals surface area contributed by atoms with Gasteiger partial charge in [-0.2, -0.15) is 0 Å². The van der Waals surface area contributed by atoms with Crippen molar-refractivity contribution in [1.82, 2.24) is 9.13 Å². The molecule has 11 rings (SSSR count). The summed E-state index contributed by atoms with van der Waals surface area (Å²) in [6.45, 7) is 2.30. The predicted octanol–water partition coefficient (Wildman–Crippen LogP) is 12.2. The summed E-state index contributed by atoms with van der Waals surface area (Å²) in [4.78, 5) is 0. The Morgan fingerprint density at radius 3 is 2.13 bits per heavy atom. The lowest BCUT2D eigenvalue weighted by Gasteiger charge is -2.15. The van der Waals surface area contributed by atoms with Crippen LogP contribution in [0, 0.1) is 5.92 Å². The molecule has 47 heavy (non-hydrogen) atoms. The van der Waals surface area contributed by atoms with Crippen LogP contribution in [0.1, 0.15) is 18.2 Å². The number of benzene rings is 6. The van der Waals surface area contributed by atoms with Gasteiger partial charge in [-0.05, 0) is 90.7 Å². The first kappa shape index (κ1) is 25.6. The molecule has 0 saturated carbocycles. The number of thiophene rings is 1. The largest absolute Gasteiger partial charge is 0.455 e. The van der Waals surface area contributed by atoms with Crippen molar-refractivity contribution in [3.8, 4) is 11.4 Å². The number of rotatable bonds is 2. The highest BCUT2D eigenvalue weighted by Gasteiger charge is 2.26. The second-order valence-electron chi connectivity index (χ2n) is 13.0. The fraction of sp³-hybridized carbons (Fsp3) is 0.0698. The van der Waals surface area contributed by atoms with E-state index in [1.807, 2.05) is 11.3 Å². The van der Waals surface area contributed by atoms with Crippen LogP contribution in [0.4, 0.5) is 0 Å². The molecule has 0 N–H and O–H groups in total. The van der Waals surface area contributed by atoms with E-state index in [9.17, 15) is 0 Å². The molecule has 0 radical (unpaired) electrons. The maximum atomic E-state index is 7.15. The van der Waals surface area contributed by atoms with Crippen LogP contribution in [-0.4, -0.2) is 9.13 Å². The second-order valence-corrected chi connectivity index (χ2v) is 14.1. The number of hydrogen-bond acceptors (Lipinski definition) is 2. The number of allylic oxidation sites excluding steroid dienone is 1. The average molecular weight is 621 g/mol. The molecular weight excluding hydrogens is 593 g/mol. The number of hydrogen-bond donors (Lipinski definition) is 0. The van der Waals surface area contributed by atoms with Gasteiger partial charge in [0, 0.05) is 58.8 Å². The van der Waals surface area contributed by atoms with Gasteiger partial charge in [0.1, 0.15) is 11.2 Å². The van der Waals surface area contributed by atoms with E-state index < -0.39 is 0 Å². The summed E-state index contributed by atoms with van der Waals surface area (Å²) in [6.07, 6.45) is 5.64. The van der Waals surface area contributed by atoms with Crippen molar-refractivity contribution in [2.24, 2.45) is 5.92 Å². The molecule has 6 aromatic carbocycles. The third-order valence-corrected chi connectivity index (χ3v) is 11.4. The highest BCUT2D eigenvalue weighted by atomic mass is 32.1. The number of para-hydroxylation sites is 2. The normalized spacial score (nSPS) is 15.0. The first-order valence-electron chi connectivity index (χ1n) is 16.3. The van der Waals surface area contributed by atoms with E-state index in [-0.39, 0.29) is 0 Å². The molecule has 1 aliphatic carbocycles. The van der Waals surface area contributed by atoms with Crippen LogP contribution in [0.5, 0.6) is 0 Å². The van der Waals surface area contributed by atoms with Crippen molar-refractivity contribution in [2.45, 2.75) is 13.3 Å². The van der Waals surface area contributed by atoms with Crippen molar-refractivity contribution in [1.29, 1.82) is 0 Å². The van der Waals surface area contributed by atoms with Crippen LogP contribution in [0.15, 0.2) is 132 Å². The van der Waals surface area contributed by atoms with Gasteiger partial charge in [0.2, 0.25) is 0 Å². The molecule has 1 aliphatic rings. The van der Waals surface area contributed by atoms with Gasteiger partial charge < -0.3 is 13.6 Å². The SMILES string of the molecule is CC1C=Cc2c(c3c4oc5c(ccc6c5c5ccccc5n6-c5ccc6sc7ccccc7c6c5)c4ccc3n2-c2ccccc2)C1. The smallest absolute Gasteiger partial charge is 0.145 e. The summed E-state index contributed by atoms with van der Waals surface area (Å²) in [5.74, 6) is 0.472. The molecule has 10 aromatic rings. The lowest BCUT2D eigenvalue weighted by atomic mass is 9.92. The van der Waals surface area contributed by atoms with Gasteiger partial charge in [-0.15, -0.1) is 11.3 Å². The van der Waals surface area contributed by atoms with E-state index in [2.05, 4.69) is 150 Å². The second kappa shape index (κ2) is 9.25. The summed E-state index contributed by atoms with van der Waals surface area (Å²) in [5, 5.41) is 8.57. The molecule has 222 valence electrons. The van der Waals surface area contributed by atoms with E-state index >= 15 is 0 Å². The zero-order chi connectivity index (χ0) is 30.8. The molecule has 0 saturated heterocycles. The molecule has 0 bridgehead atoms. The van der Waals surface area contributed by atoms with E-state index in [0.717, 1.165) is 28.5 Å². The van der Waals surface area contributed by atoms with Gasteiger partial charge in [-0.25, -0.2) is 0 Å². The maximum Gasteiger partial charge on any atom is 0.145 e. The highest BCUT2D eigenvalue weighted by molar-refractivity contribution is 7.25. The monoisotopic (exact) mass is 620 g/mol. The third-order valence-electron chi connectivity index (χ3n) is 10.3. The zero-order valence-corrected chi connectivity index (χ0v) is 26.5. The van der Waals surface area contributed by atoms with Crippen LogP contribution in [0.25, 0.3) is 92.3 Å². The van der Waals surface area contributed by atoms with E-state index in [4.69, 9.17) is 4.42 Å². The predicted molar refractivity (Wildman–Crippen MR) is 200 cm³/mol. The Labute approximate surface area is 274 Å². The minimum atomic E-state index is 0.472. The molecule has 0 fully saturated rings. The molecule has 3 nitrogen and oxygen atoms in total. The highest BCUT2D eigenvalue weighted by Crippen LogP contribution is 2.46. The Kier molecular flexibility index (Phi) is 5.04. The van der Waals surface area contributed by atoms with Crippen molar-refractivity contribution in [3.63, 3.8) is 0 Å². The fourth-order valence-corrected chi connectivity index (χ4v) is 9.31. The number of aromatic nitrogens is 2. The van der Waals surface area contributed by atoms with Crippen LogP contribution >= 0.6 is 11.3 Å². The van der Waals surface area contributed by atoms with Crippen molar-refractivity contribution < 1.29 is 4.42 Å². The number of nitrogens with zero attached hydrogens (tertiary/aromatic N) is 2. The van der Waals surface area contributed by atoms with Gasteiger partial charge in [-0.1, -0.05) is 67.6 Å². The summed E-state index contributed by atoms with van der Waals surface area (Å²) in [5.41, 5.74) is 10.5.